The maximum Gasteiger partial charge on any atom is 0.256 e. The summed E-state index contributed by atoms with van der Waals surface area (Å²) in [5.41, 5.74) is 0.654. The molecule has 1 saturated carbocycles. The number of nitrogens with zero attached hydrogens (tertiary/aromatic N) is 1. The van der Waals surface area contributed by atoms with Crippen LogP contribution in [0, 0.1) is 17.2 Å². The van der Waals surface area contributed by atoms with E-state index in [4.69, 9.17) is 9.47 Å². The molecule has 178 valence electrons. The number of benzene rings is 2. The first-order valence-corrected chi connectivity index (χ1v) is 11.4. The smallest absolute Gasteiger partial charge is 0.256 e. The SMILES string of the molecule is COc1ccc([C@@H]2CN(C(=O)C(O)c3ccc(F)cc3)C[C@@]2(C)[C@@H](C)O)cc1OCC1CC1. The van der Waals surface area contributed by atoms with Crippen molar-refractivity contribution in [3.8, 4) is 11.5 Å². The van der Waals surface area contributed by atoms with Gasteiger partial charge in [0, 0.05) is 24.4 Å². The first kappa shape index (κ1) is 23.5. The molecular weight excluding hydrogens is 425 g/mol. The summed E-state index contributed by atoms with van der Waals surface area (Å²) in [6, 6.07) is 11.0. The standard InChI is InChI=1S/C26H32FNO5/c1-16(29)26(2)15-28(25(31)24(30)18-6-9-20(27)10-7-18)13-21(26)19-8-11-22(32-3)23(12-19)33-14-17-4-5-17/h6-12,16-17,21,24,29-30H,4-5,13-15H2,1-3H3/t16-,21+,24?,26+/m1/s1. The van der Waals surface area contributed by atoms with Crippen molar-refractivity contribution in [1.82, 2.24) is 4.90 Å². The van der Waals surface area contributed by atoms with Crippen LogP contribution in [0.5, 0.6) is 11.5 Å². The number of methoxy groups -OCH3 is 1. The van der Waals surface area contributed by atoms with E-state index in [-0.39, 0.29) is 12.5 Å². The van der Waals surface area contributed by atoms with Crippen LogP contribution in [0.1, 0.15) is 49.8 Å². The van der Waals surface area contributed by atoms with E-state index < -0.39 is 29.3 Å². The molecule has 1 amide bonds. The number of hydrogen-bond donors (Lipinski definition) is 2. The largest absolute Gasteiger partial charge is 0.493 e. The number of hydrogen-bond acceptors (Lipinski definition) is 5. The van der Waals surface area contributed by atoms with Crippen LogP contribution in [0.3, 0.4) is 0 Å². The van der Waals surface area contributed by atoms with E-state index in [1.54, 1.807) is 18.9 Å². The van der Waals surface area contributed by atoms with Gasteiger partial charge in [0.05, 0.1) is 19.8 Å². The summed E-state index contributed by atoms with van der Waals surface area (Å²) in [6.45, 7) is 4.95. The Kier molecular flexibility index (Phi) is 6.64. The minimum absolute atomic E-state index is 0.170. The maximum absolute atomic E-state index is 13.2. The fraction of sp³-hybridized carbons (Fsp3) is 0.500. The van der Waals surface area contributed by atoms with Gasteiger partial charge in [-0.25, -0.2) is 4.39 Å². The third kappa shape index (κ3) is 4.84. The molecule has 2 aromatic rings. The molecule has 0 radical (unpaired) electrons. The molecule has 1 saturated heterocycles. The molecule has 1 heterocycles. The van der Waals surface area contributed by atoms with Crippen molar-refractivity contribution in [2.24, 2.45) is 11.3 Å². The zero-order chi connectivity index (χ0) is 23.8. The number of carbonyl (C=O) groups excluding carboxylic acids is 1. The molecule has 0 aromatic heterocycles. The summed E-state index contributed by atoms with van der Waals surface area (Å²) >= 11 is 0. The monoisotopic (exact) mass is 457 g/mol. The maximum atomic E-state index is 13.2. The van der Waals surface area contributed by atoms with Gasteiger partial charge in [0.1, 0.15) is 5.82 Å². The molecule has 1 aliphatic carbocycles. The number of aliphatic hydroxyl groups is 2. The van der Waals surface area contributed by atoms with E-state index in [1.807, 2.05) is 25.1 Å². The van der Waals surface area contributed by atoms with E-state index in [1.165, 1.54) is 37.1 Å². The number of aliphatic hydroxyl groups excluding tert-OH is 2. The lowest BCUT2D eigenvalue weighted by Crippen LogP contribution is -2.39. The Morgan fingerprint density at radius 1 is 1.18 bits per heavy atom. The van der Waals surface area contributed by atoms with Crippen LogP contribution in [0.2, 0.25) is 0 Å². The lowest BCUT2D eigenvalue weighted by atomic mass is 9.72. The van der Waals surface area contributed by atoms with Crippen molar-refractivity contribution in [3.63, 3.8) is 0 Å². The summed E-state index contributed by atoms with van der Waals surface area (Å²) in [7, 11) is 1.60. The van der Waals surface area contributed by atoms with Gasteiger partial charge in [-0.1, -0.05) is 25.1 Å². The normalized spacial score (nSPS) is 24.4. The predicted molar refractivity (Wildman–Crippen MR) is 122 cm³/mol. The summed E-state index contributed by atoms with van der Waals surface area (Å²) < 4.78 is 24.7. The molecule has 33 heavy (non-hydrogen) atoms. The van der Waals surface area contributed by atoms with Gasteiger partial charge in [0.15, 0.2) is 17.6 Å². The van der Waals surface area contributed by atoms with Crippen LogP contribution >= 0.6 is 0 Å². The van der Waals surface area contributed by atoms with Crippen molar-refractivity contribution in [3.05, 3.63) is 59.4 Å². The third-order valence-electron chi connectivity index (χ3n) is 7.18. The summed E-state index contributed by atoms with van der Waals surface area (Å²) in [4.78, 5) is 14.7. The van der Waals surface area contributed by atoms with Crippen molar-refractivity contribution < 1.29 is 28.9 Å². The Bertz CT molecular complexity index is 991. The Morgan fingerprint density at radius 2 is 1.88 bits per heavy atom. The summed E-state index contributed by atoms with van der Waals surface area (Å²) in [5, 5.41) is 21.3. The molecule has 4 atom stereocenters. The first-order valence-electron chi connectivity index (χ1n) is 11.4. The molecule has 7 heteroatoms. The number of halogens is 1. The Labute approximate surface area is 193 Å². The fourth-order valence-corrected chi connectivity index (χ4v) is 4.57. The van der Waals surface area contributed by atoms with Crippen LogP contribution in [0.25, 0.3) is 0 Å². The second kappa shape index (κ2) is 9.31. The van der Waals surface area contributed by atoms with E-state index >= 15 is 0 Å². The molecule has 0 spiro atoms. The van der Waals surface area contributed by atoms with Crippen LogP contribution in [-0.4, -0.2) is 53.9 Å². The van der Waals surface area contributed by atoms with E-state index in [9.17, 15) is 19.4 Å². The van der Waals surface area contributed by atoms with Gasteiger partial charge in [-0.05, 0) is 61.1 Å². The van der Waals surface area contributed by atoms with Gasteiger partial charge in [-0.15, -0.1) is 0 Å². The lowest BCUT2D eigenvalue weighted by molar-refractivity contribution is -0.140. The van der Waals surface area contributed by atoms with Gasteiger partial charge in [-0.3, -0.25) is 4.79 Å². The van der Waals surface area contributed by atoms with E-state index in [0.717, 1.165) is 5.56 Å². The summed E-state index contributed by atoms with van der Waals surface area (Å²) in [6.07, 6.45) is 0.271. The molecule has 2 N–H and O–H groups in total. The lowest BCUT2D eigenvalue weighted by Gasteiger charge is -2.34. The van der Waals surface area contributed by atoms with Gasteiger partial charge in [0.25, 0.3) is 5.91 Å². The van der Waals surface area contributed by atoms with Crippen molar-refractivity contribution >= 4 is 5.91 Å². The first-order chi connectivity index (χ1) is 15.7. The number of carbonyl (C=O) groups is 1. The average molecular weight is 458 g/mol. The van der Waals surface area contributed by atoms with Gasteiger partial charge in [-0.2, -0.15) is 0 Å². The fourth-order valence-electron chi connectivity index (χ4n) is 4.57. The molecule has 0 bridgehead atoms. The van der Waals surface area contributed by atoms with Crippen LogP contribution in [-0.2, 0) is 4.79 Å². The number of likely N-dealkylation sites (tertiary alicyclic amines) is 1. The number of amides is 1. The number of rotatable bonds is 8. The summed E-state index contributed by atoms with van der Waals surface area (Å²) in [5.74, 6) is 0.835. The molecule has 1 aliphatic heterocycles. The highest BCUT2D eigenvalue weighted by atomic mass is 19.1. The zero-order valence-corrected chi connectivity index (χ0v) is 19.3. The molecule has 6 nitrogen and oxygen atoms in total. The molecule has 1 unspecified atom stereocenters. The van der Waals surface area contributed by atoms with Crippen LogP contribution in [0.4, 0.5) is 4.39 Å². The molecule has 2 aromatic carbocycles. The average Bonchev–Trinajstić information content (AvgIpc) is 3.57. The van der Waals surface area contributed by atoms with Crippen molar-refractivity contribution in [1.29, 1.82) is 0 Å². The molecular formula is C26H32FNO5. The quantitative estimate of drug-likeness (QED) is 0.632. The third-order valence-corrected chi connectivity index (χ3v) is 7.18. The van der Waals surface area contributed by atoms with Crippen LogP contribution < -0.4 is 9.47 Å². The van der Waals surface area contributed by atoms with E-state index in [0.29, 0.717) is 36.1 Å². The van der Waals surface area contributed by atoms with E-state index in [2.05, 4.69) is 0 Å². The van der Waals surface area contributed by atoms with Crippen molar-refractivity contribution in [2.45, 2.75) is 44.8 Å². The van der Waals surface area contributed by atoms with Gasteiger partial charge in [0.2, 0.25) is 0 Å². The Morgan fingerprint density at radius 3 is 2.48 bits per heavy atom. The van der Waals surface area contributed by atoms with Crippen LogP contribution in [0.15, 0.2) is 42.5 Å². The highest BCUT2D eigenvalue weighted by Crippen LogP contribution is 2.47. The predicted octanol–water partition coefficient (Wildman–Crippen LogP) is 3.67. The molecule has 4 rings (SSSR count). The Hall–Kier alpha value is -2.64. The second-order valence-electron chi connectivity index (χ2n) is 9.57. The Balaban J connectivity index is 1.58. The topological polar surface area (TPSA) is 79.2 Å². The minimum atomic E-state index is -1.39. The minimum Gasteiger partial charge on any atom is -0.493 e. The van der Waals surface area contributed by atoms with Crippen molar-refractivity contribution in [2.75, 3.05) is 26.8 Å². The highest BCUT2D eigenvalue weighted by Gasteiger charge is 2.49. The second-order valence-corrected chi connectivity index (χ2v) is 9.57. The van der Waals surface area contributed by atoms with Gasteiger partial charge < -0.3 is 24.6 Å². The molecule has 2 aliphatic rings. The zero-order valence-electron chi connectivity index (χ0n) is 19.3. The van der Waals surface area contributed by atoms with Gasteiger partial charge >= 0.3 is 0 Å². The molecule has 2 fully saturated rings. The highest BCUT2D eigenvalue weighted by molar-refractivity contribution is 5.82. The number of ether oxygens (including phenoxy) is 2.